The highest BCUT2D eigenvalue weighted by atomic mass is 16.5. The molecule has 1 aliphatic heterocycles. The van der Waals surface area contributed by atoms with Gasteiger partial charge in [-0.25, -0.2) is 9.78 Å². The summed E-state index contributed by atoms with van der Waals surface area (Å²) in [5.74, 6) is 0.569. The monoisotopic (exact) mass is 465 g/mol. The molecule has 2 heterocycles. The van der Waals surface area contributed by atoms with E-state index in [4.69, 9.17) is 4.74 Å². The second-order valence-electron chi connectivity index (χ2n) is 8.11. The van der Waals surface area contributed by atoms with Crippen LogP contribution in [0.3, 0.4) is 0 Å². The van der Waals surface area contributed by atoms with E-state index in [0.717, 1.165) is 11.3 Å². The standard InChI is InChI=1S/C24H29N5O3.C2H6/c1-16(2)19-7-5-6-8-22(19)29(18-11-13-28(14-12-18)17(3)30)24(31)27-20-9-10-23(32-4)26-21(20)15-25;1-2/h5-10,16,18H,11-14H2,1-4H3,(H,27,31);1-2H3. The van der Waals surface area contributed by atoms with Gasteiger partial charge in [-0.2, -0.15) is 5.26 Å². The smallest absolute Gasteiger partial charge is 0.326 e. The van der Waals surface area contributed by atoms with Gasteiger partial charge in [-0.1, -0.05) is 45.9 Å². The van der Waals surface area contributed by atoms with Gasteiger partial charge in [0.1, 0.15) is 6.07 Å². The number of amides is 3. The van der Waals surface area contributed by atoms with Crippen LogP contribution in [0.5, 0.6) is 5.88 Å². The SMILES string of the molecule is CC.COc1ccc(NC(=O)N(c2ccccc2C(C)C)C2CCN(C(C)=O)CC2)c(C#N)n1. The number of piperidine rings is 1. The minimum Gasteiger partial charge on any atom is -0.481 e. The number of benzene rings is 1. The summed E-state index contributed by atoms with van der Waals surface area (Å²) < 4.78 is 5.08. The topological polar surface area (TPSA) is 98.6 Å². The molecule has 0 atom stereocenters. The lowest BCUT2D eigenvalue weighted by Gasteiger charge is -2.39. The Balaban J connectivity index is 0.00000199. The number of nitriles is 1. The van der Waals surface area contributed by atoms with Crippen molar-refractivity contribution in [3.05, 3.63) is 47.7 Å². The maximum absolute atomic E-state index is 13.6. The van der Waals surface area contributed by atoms with Crippen LogP contribution in [0.15, 0.2) is 36.4 Å². The van der Waals surface area contributed by atoms with Crippen molar-refractivity contribution >= 4 is 23.3 Å². The molecule has 2 aromatic rings. The third-order valence-corrected chi connectivity index (χ3v) is 5.74. The van der Waals surface area contributed by atoms with Crippen LogP contribution < -0.4 is 15.0 Å². The van der Waals surface area contributed by atoms with Gasteiger partial charge in [0.15, 0.2) is 5.69 Å². The molecule has 1 fully saturated rings. The Hall–Kier alpha value is -3.60. The maximum Gasteiger partial charge on any atom is 0.326 e. The normalized spacial score (nSPS) is 13.4. The number of methoxy groups -OCH3 is 1. The molecule has 1 aliphatic rings. The Morgan fingerprint density at radius 3 is 2.38 bits per heavy atom. The first-order valence-electron chi connectivity index (χ1n) is 11.8. The molecule has 1 aromatic carbocycles. The van der Waals surface area contributed by atoms with E-state index in [1.54, 1.807) is 24.0 Å². The van der Waals surface area contributed by atoms with Crippen molar-refractivity contribution in [1.29, 1.82) is 5.26 Å². The Kier molecular flexibility index (Phi) is 9.87. The van der Waals surface area contributed by atoms with Crippen LogP contribution in [-0.2, 0) is 4.79 Å². The number of urea groups is 1. The van der Waals surface area contributed by atoms with Crippen LogP contribution in [-0.4, -0.2) is 48.1 Å². The number of carbonyl (C=O) groups is 2. The fraction of sp³-hybridized carbons (Fsp3) is 0.462. The molecule has 8 heteroatoms. The zero-order chi connectivity index (χ0) is 25.3. The number of aromatic nitrogens is 1. The predicted octanol–water partition coefficient (Wildman–Crippen LogP) is 5.16. The first-order chi connectivity index (χ1) is 16.3. The van der Waals surface area contributed by atoms with Gasteiger partial charge in [0, 0.05) is 37.8 Å². The highest BCUT2D eigenvalue weighted by Gasteiger charge is 2.32. The first-order valence-corrected chi connectivity index (χ1v) is 11.8. The Morgan fingerprint density at radius 1 is 1.18 bits per heavy atom. The van der Waals surface area contributed by atoms with E-state index in [1.165, 1.54) is 7.11 Å². The second kappa shape index (κ2) is 12.6. The van der Waals surface area contributed by atoms with Gasteiger partial charge in [-0.3, -0.25) is 9.69 Å². The van der Waals surface area contributed by atoms with Crippen LogP contribution in [0.1, 0.15) is 64.6 Å². The molecule has 0 saturated carbocycles. The van der Waals surface area contributed by atoms with Gasteiger partial charge >= 0.3 is 6.03 Å². The minimum atomic E-state index is -0.331. The van der Waals surface area contributed by atoms with E-state index in [-0.39, 0.29) is 29.6 Å². The highest BCUT2D eigenvalue weighted by Crippen LogP contribution is 2.32. The van der Waals surface area contributed by atoms with Crippen LogP contribution in [0.25, 0.3) is 0 Å². The van der Waals surface area contributed by atoms with Crippen LogP contribution in [0.2, 0.25) is 0 Å². The molecule has 0 unspecified atom stereocenters. The van der Waals surface area contributed by atoms with Crippen LogP contribution in [0.4, 0.5) is 16.2 Å². The van der Waals surface area contributed by atoms with Crippen LogP contribution in [0, 0.1) is 11.3 Å². The molecule has 182 valence electrons. The Morgan fingerprint density at radius 2 is 1.82 bits per heavy atom. The lowest BCUT2D eigenvalue weighted by atomic mass is 9.97. The van der Waals surface area contributed by atoms with E-state index in [1.807, 2.05) is 49.1 Å². The average Bonchev–Trinajstić information content (AvgIpc) is 2.86. The van der Waals surface area contributed by atoms with Crippen molar-refractivity contribution in [2.75, 3.05) is 30.4 Å². The Bertz CT molecular complexity index is 1020. The number of likely N-dealkylation sites (tertiary alicyclic amines) is 1. The van der Waals surface area contributed by atoms with Gasteiger partial charge in [0.25, 0.3) is 0 Å². The van der Waals surface area contributed by atoms with E-state index >= 15 is 0 Å². The number of nitrogens with one attached hydrogen (secondary N) is 1. The molecule has 0 radical (unpaired) electrons. The molecule has 1 aromatic heterocycles. The maximum atomic E-state index is 13.6. The molecule has 34 heavy (non-hydrogen) atoms. The van der Waals surface area contributed by atoms with Crippen molar-refractivity contribution in [2.45, 2.75) is 59.4 Å². The number of ether oxygens (including phenoxy) is 1. The number of anilines is 2. The molecule has 1 N–H and O–H groups in total. The molecule has 1 saturated heterocycles. The fourth-order valence-electron chi connectivity index (χ4n) is 4.02. The number of carbonyl (C=O) groups excluding carboxylic acids is 2. The lowest BCUT2D eigenvalue weighted by molar-refractivity contribution is -0.129. The number of hydrogen-bond acceptors (Lipinski definition) is 5. The van der Waals surface area contributed by atoms with Crippen LogP contribution >= 0.6 is 0 Å². The van der Waals surface area contributed by atoms with Gasteiger partial charge in [0.2, 0.25) is 11.8 Å². The van der Waals surface area contributed by atoms with E-state index in [9.17, 15) is 14.9 Å². The number of pyridine rings is 1. The molecule has 0 spiro atoms. The summed E-state index contributed by atoms with van der Waals surface area (Å²) in [5.41, 5.74) is 2.30. The Labute approximate surface area is 202 Å². The van der Waals surface area contributed by atoms with Gasteiger partial charge in [0.05, 0.1) is 12.8 Å². The van der Waals surface area contributed by atoms with Gasteiger partial charge < -0.3 is 15.0 Å². The molecule has 0 bridgehead atoms. The fourth-order valence-corrected chi connectivity index (χ4v) is 4.02. The highest BCUT2D eigenvalue weighted by molar-refractivity contribution is 6.03. The van der Waals surface area contributed by atoms with Gasteiger partial charge in [-0.05, 0) is 36.5 Å². The third kappa shape index (κ3) is 6.25. The van der Waals surface area contributed by atoms with Crippen molar-refractivity contribution in [3.63, 3.8) is 0 Å². The predicted molar refractivity (Wildman–Crippen MR) is 134 cm³/mol. The quantitative estimate of drug-likeness (QED) is 0.657. The summed E-state index contributed by atoms with van der Waals surface area (Å²) in [4.78, 5) is 33.1. The van der Waals surface area contributed by atoms with E-state index in [0.29, 0.717) is 37.5 Å². The summed E-state index contributed by atoms with van der Waals surface area (Å²) in [5, 5.41) is 12.4. The second-order valence-corrected chi connectivity index (χ2v) is 8.11. The number of nitrogens with zero attached hydrogens (tertiary/aromatic N) is 4. The molecule has 3 rings (SSSR count). The van der Waals surface area contributed by atoms with Gasteiger partial charge in [-0.15, -0.1) is 0 Å². The molecule has 8 nitrogen and oxygen atoms in total. The molecule has 0 aliphatic carbocycles. The van der Waals surface area contributed by atoms with E-state index in [2.05, 4.69) is 24.1 Å². The average molecular weight is 466 g/mol. The minimum absolute atomic E-state index is 0.0463. The summed E-state index contributed by atoms with van der Waals surface area (Å²) in [7, 11) is 1.47. The van der Waals surface area contributed by atoms with Crippen molar-refractivity contribution in [1.82, 2.24) is 9.88 Å². The summed E-state index contributed by atoms with van der Waals surface area (Å²) in [6.07, 6.45) is 1.34. The number of para-hydroxylation sites is 1. The van der Waals surface area contributed by atoms with E-state index < -0.39 is 0 Å². The molecule has 3 amide bonds. The zero-order valence-corrected chi connectivity index (χ0v) is 21.0. The van der Waals surface area contributed by atoms with Crippen molar-refractivity contribution in [2.24, 2.45) is 0 Å². The summed E-state index contributed by atoms with van der Waals surface area (Å²) in [6.45, 7) is 10.9. The van der Waals surface area contributed by atoms with Crippen molar-refractivity contribution in [3.8, 4) is 11.9 Å². The largest absolute Gasteiger partial charge is 0.481 e. The van der Waals surface area contributed by atoms with Crippen molar-refractivity contribution < 1.29 is 14.3 Å². The number of hydrogen-bond donors (Lipinski definition) is 1. The summed E-state index contributed by atoms with van der Waals surface area (Å²) in [6, 6.07) is 12.7. The molecular weight excluding hydrogens is 430 g/mol. The summed E-state index contributed by atoms with van der Waals surface area (Å²) >= 11 is 0. The zero-order valence-electron chi connectivity index (χ0n) is 21.0. The third-order valence-electron chi connectivity index (χ3n) is 5.74. The lowest BCUT2D eigenvalue weighted by Crippen LogP contribution is -2.50. The molecular formula is C26H35N5O3. The number of rotatable bonds is 5. The first kappa shape index (κ1) is 26.7.